The summed E-state index contributed by atoms with van der Waals surface area (Å²) < 4.78 is 16.1. The molecule has 0 atom stereocenters. The molecule has 0 heterocycles. The van der Waals surface area contributed by atoms with E-state index < -0.39 is 0 Å². The number of benzene rings is 2. The Bertz CT molecular complexity index is 845. The van der Waals surface area contributed by atoms with Crippen molar-refractivity contribution in [2.45, 2.75) is 19.3 Å². The highest BCUT2D eigenvalue weighted by Gasteiger charge is 2.23. The number of hydrogen-bond acceptors (Lipinski definition) is 4. The largest absolute Gasteiger partial charge is 0.497 e. The zero-order valence-electron chi connectivity index (χ0n) is 16.5. The molecule has 2 aromatic rings. The number of allylic oxidation sites excluding steroid dienone is 2. The van der Waals surface area contributed by atoms with Gasteiger partial charge in [-0.1, -0.05) is 19.9 Å². The molecule has 2 rings (SSSR count). The Labute approximate surface area is 161 Å². The molecular weight excluding hydrogens is 340 g/mol. The lowest BCUT2D eigenvalue weighted by Gasteiger charge is -2.24. The monoisotopic (exact) mass is 366 g/mol. The van der Waals surface area contributed by atoms with Gasteiger partial charge in [0, 0.05) is 28.2 Å². The van der Waals surface area contributed by atoms with Crippen LogP contribution in [0.1, 0.15) is 35.3 Å². The Balaban J connectivity index is 2.41. The third-order valence-corrected chi connectivity index (χ3v) is 4.55. The van der Waals surface area contributed by atoms with Crippen LogP contribution < -0.4 is 14.2 Å². The lowest BCUT2D eigenvalue weighted by Crippen LogP contribution is -2.15. The average Bonchev–Trinajstić information content (AvgIpc) is 2.71. The average molecular weight is 366 g/mol. The van der Waals surface area contributed by atoms with Crippen LogP contribution in [0.3, 0.4) is 0 Å². The summed E-state index contributed by atoms with van der Waals surface area (Å²) in [5, 5.41) is 0. The molecule has 0 aromatic heterocycles. The van der Waals surface area contributed by atoms with Crippen molar-refractivity contribution in [2.75, 3.05) is 21.3 Å². The Hall–Kier alpha value is -3.01. The highest BCUT2D eigenvalue weighted by Crippen LogP contribution is 2.38. The smallest absolute Gasteiger partial charge is 0.185 e. The maximum Gasteiger partial charge on any atom is 0.185 e. The van der Waals surface area contributed by atoms with Gasteiger partial charge in [0.1, 0.15) is 17.2 Å². The molecule has 0 aliphatic carbocycles. The highest BCUT2D eigenvalue weighted by molar-refractivity contribution is 6.07. The quantitative estimate of drug-likeness (QED) is 0.372. The van der Waals surface area contributed by atoms with Gasteiger partial charge < -0.3 is 14.2 Å². The summed E-state index contributed by atoms with van der Waals surface area (Å²) in [4.78, 5) is 12.5. The van der Waals surface area contributed by atoms with Crippen molar-refractivity contribution in [3.8, 4) is 17.2 Å². The summed E-state index contributed by atoms with van der Waals surface area (Å²) in [5.41, 5.74) is 2.06. The maximum atomic E-state index is 12.5. The van der Waals surface area contributed by atoms with Crippen LogP contribution in [0.4, 0.5) is 0 Å². The molecule has 142 valence electrons. The number of hydrogen-bond donors (Lipinski definition) is 0. The van der Waals surface area contributed by atoms with Crippen LogP contribution in [0, 0.1) is 0 Å². The first-order valence-electron chi connectivity index (χ1n) is 8.62. The van der Waals surface area contributed by atoms with Crippen LogP contribution in [0.2, 0.25) is 0 Å². The van der Waals surface area contributed by atoms with Crippen LogP contribution in [-0.4, -0.2) is 27.1 Å². The fraction of sp³-hybridized carbons (Fsp3) is 0.261. The summed E-state index contributed by atoms with van der Waals surface area (Å²) >= 11 is 0. The van der Waals surface area contributed by atoms with E-state index in [0.717, 1.165) is 16.9 Å². The van der Waals surface area contributed by atoms with E-state index in [1.54, 1.807) is 51.7 Å². The van der Waals surface area contributed by atoms with Gasteiger partial charge in [-0.05, 0) is 42.5 Å². The van der Waals surface area contributed by atoms with Crippen molar-refractivity contribution >= 4 is 11.9 Å². The Morgan fingerprint density at radius 1 is 0.963 bits per heavy atom. The fourth-order valence-corrected chi connectivity index (χ4v) is 2.68. The first kappa shape index (κ1) is 20.3. The second kappa shape index (κ2) is 8.58. The van der Waals surface area contributed by atoms with Gasteiger partial charge in [0.2, 0.25) is 0 Å². The Kier molecular flexibility index (Phi) is 6.45. The Morgan fingerprint density at radius 3 is 2.11 bits per heavy atom. The van der Waals surface area contributed by atoms with Gasteiger partial charge in [0.05, 0.1) is 21.3 Å². The SMILES string of the molecule is C=CC(C)(C)c1cc(C=CC(=O)c2ccc(OC)cc2)c(OC)cc1OC. The molecule has 0 N–H and O–H groups in total. The van der Waals surface area contributed by atoms with E-state index in [0.29, 0.717) is 17.1 Å². The van der Waals surface area contributed by atoms with Crippen LogP contribution in [0.25, 0.3) is 6.08 Å². The molecule has 4 nitrogen and oxygen atoms in total. The van der Waals surface area contributed by atoms with E-state index >= 15 is 0 Å². The Morgan fingerprint density at radius 2 is 1.59 bits per heavy atom. The van der Waals surface area contributed by atoms with E-state index in [1.807, 2.05) is 18.2 Å². The number of ether oxygens (including phenoxy) is 3. The van der Waals surface area contributed by atoms with Crippen LogP contribution in [-0.2, 0) is 5.41 Å². The zero-order chi connectivity index (χ0) is 20.0. The molecule has 0 bridgehead atoms. The van der Waals surface area contributed by atoms with Gasteiger partial charge in [0.15, 0.2) is 5.78 Å². The molecule has 4 heteroatoms. The molecule has 2 aromatic carbocycles. The van der Waals surface area contributed by atoms with E-state index in [-0.39, 0.29) is 11.2 Å². The van der Waals surface area contributed by atoms with Crippen molar-refractivity contribution in [3.05, 3.63) is 71.8 Å². The zero-order valence-corrected chi connectivity index (χ0v) is 16.5. The topological polar surface area (TPSA) is 44.8 Å². The molecule has 0 aliphatic heterocycles. The van der Waals surface area contributed by atoms with Gasteiger partial charge >= 0.3 is 0 Å². The molecule has 27 heavy (non-hydrogen) atoms. The predicted molar refractivity (Wildman–Crippen MR) is 109 cm³/mol. The summed E-state index contributed by atoms with van der Waals surface area (Å²) in [6.45, 7) is 8.03. The minimum Gasteiger partial charge on any atom is -0.497 e. The number of rotatable bonds is 8. The van der Waals surface area contributed by atoms with Crippen LogP contribution in [0.15, 0.2) is 55.1 Å². The minimum atomic E-state index is -0.291. The lowest BCUT2D eigenvalue weighted by molar-refractivity contribution is 0.104. The van der Waals surface area contributed by atoms with E-state index in [2.05, 4.69) is 20.4 Å². The van der Waals surface area contributed by atoms with E-state index in [4.69, 9.17) is 14.2 Å². The fourth-order valence-electron chi connectivity index (χ4n) is 2.68. The van der Waals surface area contributed by atoms with Crippen molar-refractivity contribution in [2.24, 2.45) is 0 Å². The summed E-state index contributed by atoms with van der Waals surface area (Å²) in [5.74, 6) is 1.97. The van der Waals surface area contributed by atoms with Crippen molar-refractivity contribution in [3.63, 3.8) is 0 Å². The number of carbonyl (C=O) groups is 1. The highest BCUT2D eigenvalue weighted by atomic mass is 16.5. The molecule has 0 saturated carbocycles. The van der Waals surface area contributed by atoms with E-state index in [1.165, 1.54) is 6.08 Å². The molecule has 0 fully saturated rings. The van der Waals surface area contributed by atoms with Gasteiger partial charge in [0.25, 0.3) is 0 Å². The molecule has 0 aliphatic rings. The molecule has 0 amide bonds. The first-order chi connectivity index (χ1) is 12.9. The summed E-state index contributed by atoms with van der Waals surface area (Å²) in [6.07, 6.45) is 5.16. The van der Waals surface area contributed by atoms with Gasteiger partial charge in [-0.25, -0.2) is 0 Å². The standard InChI is InChI=1S/C23H26O4/c1-7-23(2,3)19-14-17(21(26-5)15-22(19)27-6)10-13-20(24)16-8-11-18(25-4)12-9-16/h7-15H,1H2,2-6H3. The number of methoxy groups -OCH3 is 3. The molecule has 0 radical (unpaired) electrons. The van der Waals surface area contributed by atoms with Crippen molar-refractivity contribution in [1.29, 1.82) is 0 Å². The van der Waals surface area contributed by atoms with Crippen LogP contribution >= 0.6 is 0 Å². The second-order valence-electron chi connectivity index (χ2n) is 6.65. The predicted octanol–water partition coefficient (Wildman–Crippen LogP) is 5.07. The summed E-state index contributed by atoms with van der Waals surface area (Å²) in [6, 6.07) is 10.8. The van der Waals surface area contributed by atoms with Crippen LogP contribution in [0.5, 0.6) is 17.2 Å². The van der Waals surface area contributed by atoms with Crippen molar-refractivity contribution in [1.82, 2.24) is 0 Å². The second-order valence-corrected chi connectivity index (χ2v) is 6.65. The van der Waals surface area contributed by atoms with Gasteiger partial charge in [-0.15, -0.1) is 6.58 Å². The molecule has 0 saturated heterocycles. The first-order valence-corrected chi connectivity index (χ1v) is 8.62. The lowest BCUT2D eigenvalue weighted by atomic mass is 9.83. The maximum absolute atomic E-state index is 12.5. The van der Waals surface area contributed by atoms with E-state index in [9.17, 15) is 4.79 Å². The summed E-state index contributed by atoms with van der Waals surface area (Å²) in [7, 11) is 4.81. The number of carbonyl (C=O) groups excluding carboxylic acids is 1. The van der Waals surface area contributed by atoms with Gasteiger partial charge in [-0.2, -0.15) is 0 Å². The molecular formula is C23H26O4. The van der Waals surface area contributed by atoms with Crippen molar-refractivity contribution < 1.29 is 19.0 Å². The van der Waals surface area contributed by atoms with Gasteiger partial charge in [-0.3, -0.25) is 4.79 Å². The third-order valence-electron chi connectivity index (χ3n) is 4.55. The third kappa shape index (κ3) is 4.59. The number of ketones is 1. The molecule has 0 unspecified atom stereocenters. The minimum absolute atomic E-state index is 0.0972. The molecule has 0 spiro atoms. The normalized spacial score (nSPS) is 11.3.